The van der Waals surface area contributed by atoms with Crippen molar-refractivity contribution < 1.29 is 18.3 Å². The Kier molecular flexibility index (Phi) is 7.30. The highest BCUT2D eigenvalue weighted by molar-refractivity contribution is 7.99. The van der Waals surface area contributed by atoms with E-state index in [0.717, 1.165) is 0 Å². The van der Waals surface area contributed by atoms with Crippen LogP contribution in [-0.2, 0) is 10.0 Å². The number of aliphatic hydroxyl groups is 1. The monoisotopic (exact) mass is 334 g/mol. The Hall–Kier alpha value is -0.960. The smallest absolute Gasteiger partial charge is 0.215 e. The maximum atomic E-state index is 11.9. The van der Waals surface area contributed by atoms with Crippen LogP contribution < -0.4 is 15.2 Å². The maximum Gasteiger partial charge on any atom is 0.215 e. The number of para-hydroxylation sites is 2. The summed E-state index contributed by atoms with van der Waals surface area (Å²) in [6.07, 6.45) is 1.83. The molecule has 0 aliphatic carbocycles. The predicted molar refractivity (Wildman–Crippen MR) is 87.1 cm³/mol. The van der Waals surface area contributed by atoms with Crippen LogP contribution >= 0.6 is 11.8 Å². The highest BCUT2D eigenvalue weighted by Crippen LogP contribution is 2.19. The zero-order chi connectivity index (χ0) is 15.9. The molecule has 2 unspecified atom stereocenters. The second kappa shape index (κ2) is 8.47. The van der Waals surface area contributed by atoms with Gasteiger partial charge in [0.15, 0.2) is 0 Å². The van der Waals surface area contributed by atoms with Gasteiger partial charge in [0.25, 0.3) is 0 Å². The zero-order valence-electron chi connectivity index (χ0n) is 12.2. The van der Waals surface area contributed by atoms with E-state index in [0.29, 0.717) is 11.4 Å². The molecule has 0 radical (unpaired) electrons. The number of nitrogens with one attached hydrogen (secondary N) is 1. The van der Waals surface area contributed by atoms with Gasteiger partial charge in [0.2, 0.25) is 10.0 Å². The third-order valence-corrected chi connectivity index (χ3v) is 5.53. The minimum absolute atomic E-state index is 0.0132. The van der Waals surface area contributed by atoms with Gasteiger partial charge in [0, 0.05) is 11.3 Å². The van der Waals surface area contributed by atoms with Crippen molar-refractivity contribution in [2.45, 2.75) is 18.2 Å². The number of benzene rings is 1. The SMILES string of the molecule is CSC(CO)C(C)NS(=O)(=O)CCOc1ccccc1N. The molecule has 2 atom stereocenters. The summed E-state index contributed by atoms with van der Waals surface area (Å²) in [5.41, 5.74) is 6.18. The molecule has 0 aliphatic heterocycles. The van der Waals surface area contributed by atoms with Crippen LogP contribution in [0.3, 0.4) is 0 Å². The minimum atomic E-state index is -3.47. The molecule has 0 aliphatic rings. The molecule has 21 heavy (non-hydrogen) atoms. The van der Waals surface area contributed by atoms with Gasteiger partial charge in [-0.3, -0.25) is 0 Å². The number of ether oxygens (including phenoxy) is 1. The molecule has 1 aromatic carbocycles. The Bertz CT molecular complexity index is 533. The van der Waals surface area contributed by atoms with Gasteiger partial charge in [-0.05, 0) is 25.3 Å². The van der Waals surface area contributed by atoms with Gasteiger partial charge >= 0.3 is 0 Å². The number of thioether (sulfide) groups is 1. The van der Waals surface area contributed by atoms with Crippen molar-refractivity contribution in [2.75, 3.05) is 31.0 Å². The van der Waals surface area contributed by atoms with E-state index in [4.69, 9.17) is 15.6 Å². The molecule has 0 saturated carbocycles. The molecule has 0 bridgehead atoms. The summed E-state index contributed by atoms with van der Waals surface area (Å²) in [7, 11) is -3.47. The lowest BCUT2D eigenvalue weighted by Gasteiger charge is -2.21. The van der Waals surface area contributed by atoms with E-state index in [-0.39, 0.29) is 30.3 Å². The van der Waals surface area contributed by atoms with Crippen molar-refractivity contribution in [1.82, 2.24) is 4.72 Å². The Morgan fingerprint density at radius 1 is 1.43 bits per heavy atom. The molecule has 0 heterocycles. The highest BCUT2D eigenvalue weighted by Gasteiger charge is 2.21. The molecule has 0 saturated heterocycles. The van der Waals surface area contributed by atoms with Crippen LogP contribution in [0.15, 0.2) is 24.3 Å². The van der Waals surface area contributed by atoms with Gasteiger partial charge in [-0.2, -0.15) is 11.8 Å². The number of nitrogen functional groups attached to an aromatic ring is 1. The average molecular weight is 334 g/mol. The van der Waals surface area contributed by atoms with Gasteiger partial charge in [0.05, 0.1) is 18.0 Å². The highest BCUT2D eigenvalue weighted by atomic mass is 32.2. The number of aliphatic hydroxyl groups excluding tert-OH is 1. The van der Waals surface area contributed by atoms with E-state index >= 15 is 0 Å². The molecule has 0 amide bonds. The van der Waals surface area contributed by atoms with E-state index in [1.54, 1.807) is 31.2 Å². The van der Waals surface area contributed by atoms with Gasteiger partial charge in [-0.15, -0.1) is 0 Å². The first-order chi connectivity index (χ1) is 9.89. The summed E-state index contributed by atoms with van der Waals surface area (Å²) < 4.78 is 31.8. The van der Waals surface area contributed by atoms with Crippen molar-refractivity contribution in [1.29, 1.82) is 0 Å². The third-order valence-electron chi connectivity index (χ3n) is 2.93. The first-order valence-electron chi connectivity index (χ1n) is 6.50. The van der Waals surface area contributed by atoms with Gasteiger partial charge in [-0.25, -0.2) is 13.1 Å². The maximum absolute atomic E-state index is 11.9. The molecule has 120 valence electrons. The summed E-state index contributed by atoms with van der Waals surface area (Å²) in [4.78, 5) is 0. The fourth-order valence-corrected chi connectivity index (χ4v) is 3.59. The Balaban J connectivity index is 2.48. The lowest BCUT2D eigenvalue weighted by molar-refractivity contribution is 0.282. The largest absolute Gasteiger partial charge is 0.490 e. The molecule has 0 fully saturated rings. The van der Waals surface area contributed by atoms with E-state index in [1.165, 1.54) is 11.8 Å². The fourth-order valence-electron chi connectivity index (χ4n) is 1.73. The zero-order valence-corrected chi connectivity index (χ0v) is 13.8. The van der Waals surface area contributed by atoms with Gasteiger partial charge < -0.3 is 15.6 Å². The number of hydrogen-bond acceptors (Lipinski definition) is 6. The molecule has 0 aromatic heterocycles. The summed E-state index contributed by atoms with van der Waals surface area (Å²) in [6.45, 7) is 1.66. The number of nitrogens with two attached hydrogens (primary N) is 1. The van der Waals surface area contributed by atoms with Crippen LogP contribution in [0.4, 0.5) is 5.69 Å². The first kappa shape index (κ1) is 18.1. The van der Waals surface area contributed by atoms with Crippen molar-refractivity contribution in [3.8, 4) is 5.75 Å². The van der Waals surface area contributed by atoms with Crippen LogP contribution in [0.1, 0.15) is 6.92 Å². The molecule has 0 spiro atoms. The Morgan fingerprint density at radius 3 is 2.67 bits per heavy atom. The first-order valence-corrected chi connectivity index (χ1v) is 9.44. The molecular weight excluding hydrogens is 312 g/mol. The molecule has 4 N–H and O–H groups in total. The lowest BCUT2D eigenvalue weighted by atomic mass is 10.3. The minimum Gasteiger partial charge on any atom is -0.490 e. The van der Waals surface area contributed by atoms with Gasteiger partial charge in [-0.1, -0.05) is 12.1 Å². The van der Waals surface area contributed by atoms with Crippen LogP contribution in [0.25, 0.3) is 0 Å². The van der Waals surface area contributed by atoms with Crippen LogP contribution in [0.5, 0.6) is 5.75 Å². The van der Waals surface area contributed by atoms with Crippen LogP contribution in [-0.4, -0.2) is 50.0 Å². The van der Waals surface area contributed by atoms with E-state index in [1.807, 2.05) is 6.26 Å². The lowest BCUT2D eigenvalue weighted by Crippen LogP contribution is -2.42. The number of sulfonamides is 1. The predicted octanol–water partition coefficient (Wildman–Crippen LogP) is 0.679. The van der Waals surface area contributed by atoms with Crippen molar-refractivity contribution in [3.05, 3.63) is 24.3 Å². The molecular formula is C13H22N2O4S2. The second-order valence-electron chi connectivity index (χ2n) is 4.57. The van der Waals surface area contributed by atoms with E-state index < -0.39 is 10.0 Å². The van der Waals surface area contributed by atoms with E-state index in [9.17, 15) is 8.42 Å². The molecule has 1 rings (SSSR count). The van der Waals surface area contributed by atoms with Crippen molar-refractivity contribution in [2.24, 2.45) is 0 Å². The number of hydrogen-bond donors (Lipinski definition) is 3. The van der Waals surface area contributed by atoms with Crippen LogP contribution in [0.2, 0.25) is 0 Å². The Labute approximate surface area is 130 Å². The topological polar surface area (TPSA) is 102 Å². The summed E-state index contributed by atoms with van der Waals surface area (Å²) in [6, 6.07) is 6.57. The normalized spacial score (nSPS) is 14.6. The second-order valence-corrected chi connectivity index (χ2v) is 7.52. The summed E-state index contributed by atoms with van der Waals surface area (Å²) >= 11 is 1.42. The standard InChI is InChI=1S/C13H22N2O4S2/c1-10(13(9-16)20-2)15-21(17,18)8-7-19-12-6-4-3-5-11(12)14/h3-6,10,13,15-16H,7-9,14H2,1-2H3. The van der Waals surface area contributed by atoms with Gasteiger partial charge in [0.1, 0.15) is 12.4 Å². The Morgan fingerprint density at radius 2 is 2.10 bits per heavy atom. The average Bonchev–Trinajstić information content (AvgIpc) is 2.41. The summed E-state index contributed by atoms with van der Waals surface area (Å²) in [5, 5.41) is 8.98. The van der Waals surface area contributed by atoms with Crippen molar-refractivity contribution in [3.63, 3.8) is 0 Å². The quantitative estimate of drug-likeness (QED) is 0.574. The molecule has 8 heteroatoms. The molecule has 1 aromatic rings. The summed E-state index contributed by atoms with van der Waals surface area (Å²) in [5.74, 6) is 0.302. The van der Waals surface area contributed by atoms with E-state index in [2.05, 4.69) is 4.72 Å². The fraction of sp³-hybridized carbons (Fsp3) is 0.538. The number of rotatable bonds is 9. The van der Waals surface area contributed by atoms with Crippen LogP contribution in [0, 0.1) is 0 Å². The third kappa shape index (κ3) is 6.13. The molecule has 6 nitrogen and oxygen atoms in total. The van der Waals surface area contributed by atoms with Crippen molar-refractivity contribution >= 4 is 27.5 Å². The number of anilines is 1.